The molecule has 96 valence electrons. The number of likely N-dealkylation sites (tertiary alicyclic amines) is 1. The molecule has 3 aliphatic rings. The minimum absolute atomic E-state index is 0.170. The van der Waals surface area contributed by atoms with E-state index in [0.29, 0.717) is 17.9 Å². The number of fused-ring (bicyclic) bond motifs is 2. The van der Waals surface area contributed by atoms with E-state index < -0.39 is 0 Å². The van der Waals surface area contributed by atoms with Gasteiger partial charge in [0.15, 0.2) is 0 Å². The summed E-state index contributed by atoms with van der Waals surface area (Å²) in [5, 5.41) is 9.77. The summed E-state index contributed by atoms with van der Waals surface area (Å²) in [6, 6.07) is 6.29. The summed E-state index contributed by atoms with van der Waals surface area (Å²) in [5.74, 6) is 1.37. The first kappa shape index (κ1) is 10.7. The standard InChI is InChI=1S/C15H19NO2/c1-16-7-6-15-9-10(16)2-5-14(15)18-13-4-3-11(17)8-12(13)15/h3-4,8,10,14,17H,2,5-7,9H2,1H3/t10-,14+,15-/m0/s1. The maximum absolute atomic E-state index is 9.77. The van der Waals surface area contributed by atoms with Gasteiger partial charge in [-0.1, -0.05) is 0 Å². The van der Waals surface area contributed by atoms with Crippen LogP contribution in [0.2, 0.25) is 0 Å². The Balaban J connectivity index is 1.83. The van der Waals surface area contributed by atoms with Crippen LogP contribution in [-0.4, -0.2) is 35.7 Å². The summed E-state index contributed by atoms with van der Waals surface area (Å²) in [4.78, 5) is 2.49. The van der Waals surface area contributed by atoms with Crippen molar-refractivity contribution in [3.63, 3.8) is 0 Å². The van der Waals surface area contributed by atoms with Gasteiger partial charge in [0.25, 0.3) is 0 Å². The van der Waals surface area contributed by atoms with Crippen molar-refractivity contribution >= 4 is 0 Å². The first-order chi connectivity index (χ1) is 8.69. The molecule has 2 heterocycles. The lowest BCUT2D eigenvalue weighted by molar-refractivity contribution is 0.00485. The number of rotatable bonds is 0. The second-order valence-electron chi connectivity index (χ2n) is 6.11. The van der Waals surface area contributed by atoms with Crippen LogP contribution in [0.25, 0.3) is 0 Å². The van der Waals surface area contributed by atoms with Crippen LogP contribution < -0.4 is 4.74 Å². The molecule has 3 heteroatoms. The third-order valence-corrected chi connectivity index (χ3v) is 5.28. The Morgan fingerprint density at radius 1 is 1.39 bits per heavy atom. The topological polar surface area (TPSA) is 32.7 Å². The van der Waals surface area contributed by atoms with E-state index in [1.165, 1.54) is 18.4 Å². The molecular weight excluding hydrogens is 226 g/mol. The monoisotopic (exact) mass is 245 g/mol. The molecule has 2 fully saturated rings. The maximum atomic E-state index is 9.77. The van der Waals surface area contributed by atoms with Gasteiger partial charge in [0, 0.05) is 17.0 Å². The van der Waals surface area contributed by atoms with Crippen LogP contribution in [0.15, 0.2) is 18.2 Å². The van der Waals surface area contributed by atoms with Crippen LogP contribution >= 0.6 is 0 Å². The lowest BCUT2D eigenvalue weighted by Crippen LogP contribution is -2.55. The molecule has 1 saturated heterocycles. The quantitative estimate of drug-likeness (QED) is 0.761. The number of aromatic hydroxyl groups is 1. The lowest BCUT2D eigenvalue weighted by atomic mass is 9.63. The van der Waals surface area contributed by atoms with E-state index in [1.54, 1.807) is 6.07 Å². The molecule has 0 unspecified atom stereocenters. The molecule has 2 aliphatic heterocycles. The molecule has 3 atom stereocenters. The van der Waals surface area contributed by atoms with Gasteiger partial charge < -0.3 is 14.7 Å². The van der Waals surface area contributed by atoms with Gasteiger partial charge in [0.1, 0.15) is 17.6 Å². The number of ether oxygens (including phenoxy) is 1. The maximum Gasteiger partial charge on any atom is 0.123 e. The number of nitrogens with zero attached hydrogens (tertiary/aromatic N) is 1. The van der Waals surface area contributed by atoms with E-state index in [4.69, 9.17) is 4.74 Å². The van der Waals surface area contributed by atoms with Gasteiger partial charge >= 0.3 is 0 Å². The van der Waals surface area contributed by atoms with Crippen molar-refractivity contribution in [2.75, 3.05) is 13.6 Å². The summed E-state index contributed by atoms with van der Waals surface area (Å²) < 4.78 is 6.15. The number of hydrogen-bond donors (Lipinski definition) is 1. The highest BCUT2D eigenvalue weighted by Crippen LogP contribution is 2.55. The molecule has 1 spiro atoms. The molecular formula is C15H19NO2. The Hall–Kier alpha value is -1.22. The molecule has 1 saturated carbocycles. The third kappa shape index (κ3) is 1.23. The van der Waals surface area contributed by atoms with Gasteiger partial charge in [-0.25, -0.2) is 0 Å². The third-order valence-electron chi connectivity index (χ3n) is 5.28. The molecule has 0 aromatic heterocycles. The minimum Gasteiger partial charge on any atom is -0.508 e. The highest BCUT2D eigenvalue weighted by atomic mass is 16.5. The molecule has 0 radical (unpaired) electrons. The fourth-order valence-corrected chi connectivity index (χ4v) is 4.22. The molecule has 1 aromatic rings. The van der Waals surface area contributed by atoms with Crippen molar-refractivity contribution < 1.29 is 9.84 Å². The Bertz CT molecular complexity index is 501. The predicted octanol–water partition coefficient (Wildman–Crippen LogP) is 2.28. The second kappa shape index (κ2) is 3.41. The smallest absolute Gasteiger partial charge is 0.123 e. The Morgan fingerprint density at radius 3 is 3.17 bits per heavy atom. The molecule has 3 nitrogen and oxygen atoms in total. The molecule has 4 rings (SSSR count). The molecule has 18 heavy (non-hydrogen) atoms. The first-order valence-corrected chi connectivity index (χ1v) is 6.89. The fraction of sp³-hybridized carbons (Fsp3) is 0.600. The summed E-state index contributed by atoms with van der Waals surface area (Å²) in [5.41, 5.74) is 1.43. The van der Waals surface area contributed by atoms with Crippen molar-refractivity contribution in [1.29, 1.82) is 0 Å². The summed E-state index contributed by atoms with van der Waals surface area (Å²) >= 11 is 0. The van der Waals surface area contributed by atoms with Crippen LogP contribution in [0, 0.1) is 0 Å². The SMILES string of the molecule is CN1CC[C@@]23C[C@@H]1CC[C@H]2Oc1ccc(O)cc13. The van der Waals surface area contributed by atoms with E-state index >= 15 is 0 Å². The lowest BCUT2D eigenvalue weighted by Gasteiger charge is -2.49. The van der Waals surface area contributed by atoms with Gasteiger partial charge in [-0.05, 0) is 57.5 Å². The molecule has 1 aliphatic carbocycles. The highest BCUT2D eigenvalue weighted by molar-refractivity contribution is 5.50. The average Bonchev–Trinajstić information content (AvgIpc) is 2.68. The van der Waals surface area contributed by atoms with Gasteiger partial charge in [-0.2, -0.15) is 0 Å². The first-order valence-electron chi connectivity index (χ1n) is 6.89. The second-order valence-corrected chi connectivity index (χ2v) is 6.11. The van der Waals surface area contributed by atoms with E-state index in [0.717, 1.165) is 25.1 Å². The van der Waals surface area contributed by atoms with Crippen LogP contribution in [0.3, 0.4) is 0 Å². The summed E-state index contributed by atoms with van der Waals surface area (Å²) in [6.07, 6.45) is 5.05. The van der Waals surface area contributed by atoms with E-state index in [2.05, 4.69) is 11.9 Å². The molecule has 1 N–H and O–H groups in total. The van der Waals surface area contributed by atoms with Crippen LogP contribution in [0.4, 0.5) is 0 Å². The number of hydrogen-bond acceptors (Lipinski definition) is 3. The van der Waals surface area contributed by atoms with Gasteiger partial charge in [-0.15, -0.1) is 0 Å². The van der Waals surface area contributed by atoms with Crippen molar-refractivity contribution in [3.8, 4) is 11.5 Å². The zero-order chi connectivity index (χ0) is 12.3. The Kier molecular flexibility index (Phi) is 2.03. The summed E-state index contributed by atoms with van der Waals surface area (Å²) in [7, 11) is 2.23. The largest absolute Gasteiger partial charge is 0.508 e. The van der Waals surface area contributed by atoms with Crippen molar-refractivity contribution in [2.45, 2.75) is 43.2 Å². The normalized spacial score (nSPS) is 37.8. The zero-order valence-corrected chi connectivity index (χ0v) is 10.7. The minimum atomic E-state index is 0.170. The van der Waals surface area contributed by atoms with Crippen LogP contribution in [0.5, 0.6) is 11.5 Å². The number of phenols is 1. The van der Waals surface area contributed by atoms with Crippen molar-refractivity contribution in [1.82, 2.24) is 4.90 Å². The number of phenolic OH excluding ortho intramolecular Hbond substituents is 1. The Morgan fingerprint density at radius 2 is 2.28 bits per heavy atom. The van der Waals surface area contributed by atoms with Crippen molar-refractivity contribution in [2.24, 2.45) is 0 Å². The zero-order valence-electron chi connectivity index (χ0n) is 10.7. The van der Waals surface area contributed by atoms with Crippen molar-refractivity contribution in [3.05, 3.63) is 23.8 Å². The highest BCUT2D eigenvalue weighted by Gasteiger charge is 2.54. The van der Waals surface area contributed by atoms with E-state index in [1.807, 2.05) is 12.1 Å². The van der Waals surface area contributed by atoms with E-state index in [9.17, 15) is 5.11 Å². The average molecular weight is 245 g/mol. The summed E-state index contributed by atoms with van der Waals surface area (Å²) in [6.45, 7) is 1.14. The van der Waals surface area contributed by atoms with Gasteiger partial charge in [-0.3, -0.25) is 0 Å². The molecule has 0 amide bonds. The van der Waals surface area contributed by atoms with Gasteiger partial charge in [0.2, 0.25) is 0 Å². The Labute approximate surface area is 107 Å². The van der Waals surface area contributed by atoms with Crippen LogP contribution in [0.1, 0.15) is 31.2 Å². The predicted molar refractivity (Wildman–Crippen MR) is 69.1 cm³/mol. The van der Waals surface area contributed by atoms with Gasteiger partial charge in [0.05, 0.1) is 0 Å². The molecule has 2 bridgehead atoms. The van der Waals surface area contributed by atoms with Crippen LogP contribution in [-0.2, 0) is 5.41 Å². The number of benzene rings is 1. The van der Waals surface area contributed by atoms with E-state index in [-0.39, 0.29) is 5.41 Å². The fourth-order valence-electron chi connectivity index (χ4n) is 4.22. The molecule has 1 aromatic carbocycles. The number of piperidine rings is 1.